The first kappa shape index (κ1) is 7.81. The number of nitrogens with one attached hydrogen (secondary N) is 2. The van der Waals surface area contributed by atoms with Gasteiger partial charge < -0.3 is 9.97 Å². The molecule has 0 amide bonds. The predicted octanol–water partition coefficient (Wildman–Crippen LogP) is 0.673. The molecule has 0 unspecified atom stereocenters. The molecule has 0 aliphatic rings. The van der Waals surface area contributed by atoms with Crippen molar-refractivity contribution in [1.29, 1.82) is 0 Å². The highest BCUT2D eigenvalue weighted by Crippen LogP contribution is 1.99. The molecule has 0 aromatic carbocycles. The summed E-state index contributed by atoms with van der Waals surface area (Å²) in [5.74, 6) is 0. The van der Waals surface area contributed by atoms with Gasteiger partial charge >= 0.3 is 0 Å². The molecule has 2 N–H and O–H groups in total. The van der Waals surface area contributed by atoms with E-state index in [1.807, 2.05) is 0 Å². The van der Waals surface area contributed by atoms with Crippen LogP contribution < -0.4 is 5.56 Å². The standard InChI is InChI=1S/C6H5N3O.ClH/c10-6-5-4(1-2-7-5)8-3-9-6;/h1-3,7H,(H,8,9,10);1H. The molecular weight excluding hydrogens is 166 g/mol. The fourth-order valence-corrected chi connectivity index (χ4v) is 0.883. The van der Waals surface area contributed by atoms with Gasteiger partial charge in [0.25, 0.3) is 5.56 Å². The highest BCUT2D eigenvalue weighted by molar-refractivity contribution is 5.85. The molecule has 0 aliphatic heterocycles. The van der Waals surface area contributed by atoms with E-state index in [1.165, 1.54) is 6.33 Å². The van der Waals surface area contributed by atoms with Crippen molar-refractivity contribution < 1.29 is 0 Å². The van der Waals surface area contributed by atoms with Crippen molar-refractivity contribution in [1.82, 2.24) is 15.0 Å². The molecule has 5 heteroatoms. The lowest BCUT2D eigenvalue weighted by atomic mass is 10.5. The highest BCUT2D eigenvalue weighted by Gasteiger charge is 1.96. The summed E-state index contributed by atoms with van der Waals surface area (Å²) in [6.45, 7) is 0. The van der Waals surface area contributed by atoms with E-state index in [1.54, 1.807) is 12.3 Å². The number of nitrogens with zero attached hydrogens (tertiary/aromatic N) is 1. The van der Waals surface area contributed by atoms with Gasteiger partial charge in [-0.1, -0.05) is 0 Å². The second kappa shape index (κ2) is 2.75. The van der Waals surface area contributed by atoms with Crippen LogP contribution in [-0.4, -0.2) is 15.0 Å². The molecule has 0 aliphatic carbocycles. The Bertz CT molecular complexity index is 405. The fraction of sp³-hybridized carbons (Fsp3) is 0. The van der Waals surface area contributed by atoms with Gasteiger partial charge in [0.15, 0.2) is 0 Å². The summed E-state index contributed by atoms with van der Waals surface area (Å²) in [7, 11) is 0. The first-order valence-corrected chi connectivity index (χ1v) is 2.89. The van der Waals surface area contributed by atoms with Crippen LogP contribution in [0.2, 0.25) is 0 Å². The van der Waals surface area contributed by atoms with Crippen molar-refractivity contribution in [2.45, 2.75) is 0 Å². The Labute approximate surface area is 68.1 Å². The van der Waals surface area contributed by atoms with Gasteiger partial charge in [-0.15, -0.1) is 12.4 Å². The zero-order chi connectivity index (χ0) is 6.97. The number of aromatic nitrogens is 3. The van der Waals surface area contributed by atoms with Crippen molar-refractivity contribution in [3.05, 3.63) is 28.9 Å². The van der Waals surface area contributed by atoms with Crippen LogP contribution in [0.15, 0.2) is 23.4 Å². The maximum atomic E-state index is 10.9. The second-order valence-corrected chi connectivity index (χ2v) is 1.97. The zero-order valence-electron chi connectivity index (χ0n) is 5.50. The van der Waals surface area contributed by atoms with E-state index in [-0.39, 0.29) is 18.0 Å². The van der Waals surface area contributed by atoms with Crippen molar-refractivity contribution in [2.75, 3.05) is 0 Å². The predicted molar refractivity (Wildman–Crippen MR) is 44.0 cm³/mol. The van der Waals surface area contributed by atoms with E-state index in [4.69, 9.17) is 0 Å². The van der Waals surface area contributed by atoms with Crippen LogP contribution in [0.3, 0.4) is 0 Å². The molecule has 0 bridgehead atoms. The van der Waals surface area contributed by atoms with Crippen molar-refractivity contribution >= 4 is 23.4 Å². The van der Waals surface area contributed by atoms with E-state index >= 15 is 0 Å². The third kappa shape index (κ3) is 1.12. The molecule has 2 aromatic heterocycles. The van der Waals surface area contributed by atoms with E-state index in [0.717, 1.165) is 0 Å². The van der Waals surface area contributed by atoms with Crippen LogP contribution in [0.25, 0.3) is 11.0 Å². The Morgan fingerprint density at radius 3 is 2.91 bits per heavy atom. The van der Waals surface area contributed by atoms with Crippen molar-refractivity contribution in [2.24, 2.45) is 0 Å². The topological polar surface area (TPSA) is 61.5 Å². The van der Waals surface area contributed by atoms with Gasteiger partial charge in [-0.25, -0.2) is 4.98 Å². The van der Waals surface area contributed by atoms with Gasteiger partial charge in [0.05, 0.1) is 11.8 Å². The third-order valence-electron chi connectivity index (χ3n) is 1.35. The quantitative estimate of drug-likeness (QED) is 0.612. The lowest BCUT2D eigenvalue weighted by Gasteiger charge is -1.83. The Kier molecular flexibility index (Phi) is 1.96. The minimum absolute atomic E-state index is 0. The summed E-state index contributed by atoms with van der Waals surface area (Å²) in [5.41, 5.74) is 1.10. The van der Waals surface area contributed by atoms with Crippen LogP contribution in [0.5, 0.6) is 0 Å². The van der Waals surface area contributed by atoms with Gasteiger partial charge in [-0.3, -0.25) is 4.79 Å². The Balaban J connectivity index is 0.000000605. The summed E-state index contributed by atoms with van der Waals surface area (Å²) in [5, 5.41) is 0. The first-order valence-electron chi connectivity index (χ1n) is 2.89. The minimum atomic E-state index is -0.130. The van der Waals surface area contributed by atoms with Crippen LogP contribution >= 0.6 is 12.4 Å². The average Bonchev–Trinajstić information content (AvgIpc) is 2.36. The van der Waals surface area contributed by atoms with Crippen LogP contribution in [-0.2, 0) is 0 Å². The van der Waals surface area contributed by atoms with Gasteiger partial charge in [0, 0.05) is 6.20 Å². The largest absolute Gasteiger partial charge is 0.355 e. The number of hydrogen-bond acceptors (Lipinski definition) is 2. The molecule has 0 spiro atoms. The molecule has 4 nitrogen and oxygen atoms in total. The van der Waals surface area contributed by atoms with E-state index in [0.29, 0.717) is 11.0 Å². The van der Waals surface area contributed by atoms with Crippen LogP contribution in [0.4, 0.5) is 0 Å². The second-order valence-electron chi connectivity index (χ2n) is 1.97. The molecule has 0 fully saturated rings. The molecule has 2 rings (SSSR count). The minimum Gasteiger partial charge on any atom is -0.355 e. The molecular formula is C6H6ClN3O. The maximum absolute atomic E-state index is 10.9. The number of aromatic amines is 2. The monoisotopic (exact) mass is 171 g/mol. The number of fused-ring (bicyclic) bond motifs is 1. The molecule has 2 aromatic rings. The van der Waals surface area contributed by atoms with E-state index < -0.39 is 0 Å². The smallest absolute Gasteiger partial charge is 0.275 e. The summed E-state index contributed by atoms with van der Waals surface area (Å²) >= 11 is 0. The van der Waals surface area contributed by atoms with E-state index in [2.05, 4.69) is 15.0 Å². The summed E-state index contributed by atoms with van der Waals surface area (Å²) in [4.78, 5) is 20.1. The van der Waals surface area contributed by atoms with Gasteiger partial charge in [-0.05, 0) is 6.07 Å². The van der Waals surface area contributed by atoms with E-state index in [9.17, 15) is 4.79 Å². The summed E-state index contributed by atoms with van der Waals surface area (Å²) < 4.78 is 0. The SMILES string of the molecule is Cl.O=c1[nH]cnc2cc[nH]c12. The lowest BCUT2D eigenvalue weighted by Crippen LogP contribution is -2.05. The third-order valence-corrected chi connectivity index (χ3v) is 1.35. The number of halogens is 1. The average molecular weight is 172 g/mol. The lowest BCUT2D eigenvalue weighted by molar-refractivity contribution is 1.16. The number of hydrogen-bond donors (Lipinski definition) is 2. The van der Waals surface area contributed by atoms with Crippen LogP contribution in [0, 0.1) is 0 Å². The molecule has 0 saturated carbocycles. The van der Waals surface area contributed by atoms with Gasteiger partial charge in [0.2, 0.25) is 0 Å². The maximum Gasteiger partial charge on any atom is 0.275 e. The first-order chi connectivity index (χ1) is 4.88. The van der Waals surface area contributed by atoms with Gasteiger partial charge in [0.1, 0.15) is 5.52 Å². The van der Waals surface area contributed by atoms with Crippen molar-refractivity contribution in [3.8, 4) is 0 Å². The Hall–Kier alpha value is -1.29. The summed E-state index contributed by atoms with van der Waals surface area (Å²) in [6, 6.07) is 1.75. The molecule has 11 heavy (non-hydrogen) atoms. The Morgan fingerprint density at radius 2 is 2.18 bits per heavy atom. The number of H-pyrrole nitrogens is 2. The van der Waals surface area contributed by atoms with Crippen molar-refractivity contribution in [3.63, 3.8) is 0 Å². The molecule has 0 atom stereocenters. The Morgan fingerprint density at radius 1 is 1.36 bits per heavy atom. The van der Waals surface area contributed by atoms with Gasteiger partial charge in [-0.2, -0.15) is 0 Å². The molecule has 0 saturated heterocycles. The summed E-state index contributed by atoms with van der Waals surface area (Å²) in [6.07, 6.45) is 3.07. The molecule has 2 heterocycles. The normalized spacial score (nSPS) is 9.45. The molecule has 0 radical (unpaired) electrons. The highest BCUT2D eigenvalue weighted by atomic mass is 35.5. The van der Waals surface area contributed by atoms with Crippen LogP contribution in [0.1, 0.15) is 0 Å². The zero-order valence-corrected chi connectivity index (χ0v) is 6.31. The molecule has 58 valence electrons. The number of rotatable bonds is 0. The fourth-order valence-electron chi connectivity index (χ4n) is 0.883.